The summed E-state index contributed by atoms with van der Waals surface area (Å²) in [6.07, 6.45) is 0.651. The van der Waals surface area contributed by atoms with Gasteiger partial charge in [-0.05, 0) is 43.2 Å². The van der Waals surface area contributed by atoms with Crippen molar-refractivity contribution in [3.8, 4) is 5.75 Å². The first-order valence-electron chi connectivity index (χ1n) is 8.58. The van der Waals surface area contributed by atoms with E-state index in [1.165, 1.54) is 12.1 Å². The molecule has 1 amide bonds. The number of nitrogens with one attached hydrogen (secondary N) is 1. The lowest BCUT2D eigenvalue weighted by Crippen LogP contribution is -2.15. The van der Waals surface area contributed by atoms with E-state index >= 15 is 0 Å². The summed E-state index contributed by atoms with van der Waals surface area (Å²) >= 11 is 0. The van der Waals surface area contributed by atoms with Gasteiger partial charge in [0.1, 0.15) is 5.75 Å². The predicted octanol–water partition coefficient (Wildman–Crippen LogP) is 1.85. The average Bonchev–Trinajstić information content (AvgIpc) is 2.65. The molecule has 0 radical (unpaired) electrons. The van der Waals surface area contributed by atoms with E-state index in [0.717, 1.165) is 5.56 Å². The summed E-state index contributed by atoms with van der Waals surface area (Å²) in [5.74, 6) is -0.243. The maximum atomic E-state index is 12.1. The quantitative estimate of drug-likeness (QED) is 0.612. The molecular weight excluding hydrogens is 384 g/mol. The predicted molar refractivity (Wildman–Crippen MR) is 103 cm³/mol. The lowest BCUT2D eigenvalue weighted by molar-refractivity contribution is -0.145. The highest BCUT2D eigenvalue weighted by Crippen LogP contribution is 2.18. The molecule has 28 heavy (non-hydrogen) atoms. The van der Waals surface area contributed by atoms with Gasteiger partial charge in [-0.2, -0.15) is 0 Å². The first-order chi connectivity index (χ1) is 13.3. The molecule has 0 unspecified atom stereocenters. The van der Waals surface area contributed by atoms with Crippen LogP contribution in [0.4, 0.5) is 5.69 Å². The third-order valence-corrected chi connectivity index (χ3v) is 4.60. The van der Waals surface area contributed by atoms with Crippen molar-refractivity contribution in [1.82, 2.24) is 0 Å². The zero-order valence-electron chi connectivity index (χ0n) is 15.4. The van der Waals surface area contributed by atoms with Gasteiger partial charge in [0.25, 0.3) is 0 Å². The van der Waals surface area contributed by atoms with Gasteiger partial charge in [-0.15, -0.1) is 0 Å². The SMILES string of the molecule is CCOC(=O)COc1cccc(NC(=O)CCc2ccc(S(N)(=O)=O)cc2)c1. The number of hydrogen-bond acceptors (Lipinski definition) is 6. The Morgan fingerprint density at radius 2 is 1.82 bits per heavy atom. The highest BCUT2D eigenvalue weighted by molar-refractivity contribution is 7.89. The molecule has 9 heteroatoms. The van der Waals surface area contributed by atoms with Gasteiger partial charge < -0.3 is 14.8 Å². The number of primary sulfonamides is 1. The number of aryl methyl sites for hydroxylation is 1. The van der Waals surface area contributed by atoms with Crippen LogP contribution in [0.15, 0.2) is 53.4 Å². The summed E-state index contributed by atoms with van der Waals surface area (Å²) in [7, 11) is -3.73. The topological polar surface area (TPSA) is 125 Å². The van der Waals surface area contributed by atoms with Crippen molar-refractivity contribution in [3.05, 3.63) is 54.1 Å². The Labute approximate surface area is 163 Å². The van der Waals surface area contributed by atoms with Crippen LogP contribution in [0.5, 0.6) is 5.75 Å². The Hall–Kier alpha value is -2.91. The largest absolute Gasteiger partial charge is 0.482 e. The van der Waals surface area contributed by atoms with Crippen molar-refractivity contribution in [1.29, 1.82) is 0 Å². The van der Waals surface area contributed by atoms with Crippen molar-refractivity contribution < 1.29 is 27.5 Å². The monoisotopic (exact) mass is 406 g/mol. The molecule has 2 aromatic rings. The zero-order chi connectivity index (χ0) is 20.6. The van der Waals surface area contributed by atoms with Crippen molar-refractivity contribution in [2.45, 2.75) is 24.7 Å². The lowest BCUT2D eigenvalue weighted by Gasteiger charge is -2.09. The molecule has 0 fully saturated rings. The summed E-state index contributed by atoms with van der Waals surface area (Å²) in [4.78, 5) is 23.5. The summed E-state index contributed by atoms with van der Waals surface area (Å²) in [6.45, 7) is 1.78. The molecule has 0 spiro atoms. The smallest absolute Gasteiger partial charge is 0.344 e. The van der Waals surface area contributed by atoms with Crippen LogP contribution in [-0.4, -0.2) is 33.5 Å². The molecule has 0 heterocycles. The van der Waals surface area contributed by atoms with Crippen molar-refractivity contribution in [2.75, 3.05) is 18.5 Å². The van der Waals surface area contributed by atoms with Crippen LogP contribution in [0, 0.1) is 0 Å². The van der Waals surface area contributed by atoms with E-state index in [1.807, 2.05) is 0 Å². The number of carbonyl (C=O) groups is 2. The van der Waals surface area contributed by atoms with Crippen LogP contribution in [0.3, 0.4) is 0 Å². The Morgan fingerprint density at radius 1 is 1.11 bits per heavy atom. The maximum absolute atomic E-state index is 12.1. The summed E-state index contributed by atoms with van der Waals surface area (Å²) in [6, 6.07) is 12.7. The van der Waals surface area contributed by atoms with E-state index < -0.39 is 16.0 Å². The molecular formula is C19H22N2O6S. The van der Waals surface area contributed by atoms with Gasteiger partial charge in [0.2, 0.25) is 15.9 Å². The van der Waals surface area contributed by atoms with Gasteiger partial charge in [-0.3, -0.25) is 4.79 Å². The summed E-state index contributed by atoms with van der Waals surface area (Å²) < 4.78 is 32.6. The van der Waals surface area contributed by atoms with E-state index in [9.17, 15) is 18.0 Å². The summed E-state index contributed by atoms with van der Waals surface area (Å²) in [5.41, 5.74) is 1.35. The number of anilines is 1. The number of hydrogen-bond donors (Lipinski definition) is 2. The maximum Gasteiger partial charge on any atom is 0.344 e. The van der Waals surface area contributed by atoms with Gasteiger partial charge in [0.05, 0.1) is 11.5 Å². The Morgan fingerprint density at radius 3 is 2.46 bits per heavy atom. The van der Waals surface area contributed by atoms with E-state index in [0.29, 0.717) is 17.9 Å². The van der Waals surface area contributed by atoms with Crippen molar-refractivity contribution in [3.63, 3.8) is 0 Å². The first-order valence-corrected chi connectivity index (χ1v) is 10.1. The fourth-order valence-electron chi connectivity index (χ4n) is 2.34. The van der Waals surface area contributed by atoms with E-state index in [-0.39, 0.29) is 30.4 Å². The van der Waals surface area contributed by atoms with E-state index in [1.54, 1.807) is 43.3 Å². The number of benzene rings is 2. The Bertz CT molecular complexity index is 926. The van der Waals surface area contributed by atoms with Gasteiger partial charge >= 0.3 is 5.97 Å². The Balaban J connectivity index is 1.86. The van der Waals surface area contributed by atoms with Crippen LogP contribution in [0.2, 0.25) is 0 Å². The molecule has 2 aromatic carbocycles. The number of nitrogens with two attached hydrogens (primary N) is 1. The molecule has 8 nitrogen and oxygen atoms in total. The summed E-state index contributed by atoms with van der Waals surface area (Å²) in [5, 5.41) is 7.80. The second-order valence-corrected chi connectivity index (χ2v) is 7.42. The van der Waals surface area contributed by atoms with Crippen LogP contribution < -0.4 is 15.2 Å². The van der Waals surface area contributed by atoms with Crippen LogP contribution in [0.1, 0.15) is 18.9 Å². The third kappa shape index (κ3) is 7.01. The number of esters is 1. The molecule has 0 aromatic heterocycles. The van der Waals surface area contributed by atoms with Crippen LogP contribution >= 0.6 is 0 Å². The lowest BCUT2D eigenvalue weighted by atomic mass is 10.1. The fraction of sp³-hybridized carbons (Fsp3) is 0.263. The zero-order valence-corrected chi connectivity index (χ0v) is 16.2. The second-order valence-electron chi connectivity index (χ2n) is 5.86. The third-order valence-electron chi connectivity index (χ3n) is 3.67. The van der Waals surface area contributed by atoms with Crippen molar-refractivity contribution >= 4 is 27.6 Å². The molecule has 0 bridgehead atoms. The van der Waals surface area contributed by atoms with Gasteiger partial charge in [-0.25, -0.2) is 18.4 Å². The normalized spacial score (nSPS) is 10.9. The molecule has 0 aliphatic rings. The van der Waals surface area contributed by atoms with E-state index in [4.69, 9.17) is 14.6 Å². The molecule has 0 atom stereocenters. The highest BCUT2D eigenvalue weighted by atomic mass is 32.2. The first kappa shape index (κ1) is 21.4. The molecule has 3 N–H and O–H groups in total. The standard InChI is InChI=1S/C19H22N2O6S/c1-2-26-19(23)13-27-16-5-3-4-15(12-16)21-18(22)11-8-14-6-9-17(10-7-14)28(20,24)25/h3-7,9-10,12H,2,8,11,13H2,1H3,(H,21,22)(H2,20,24,25). The number of rotatable bonds is 9. The van der Waals surface area contributed by atoms with E-state index in [2.05, 4.69) is 5.32 Å². The molecule has 0 saturated carbocycles. The minimum atomic E-state index is -3.73. The second kappa shape index (κ2) is 9.86. The van der Waals surface area contributed by atoms with Crippen molar-refractivity contribution in [2.24, 2.45) is 5.14 Å². The Kier molecular flexibility index (Phi) is 7.53. The molecule has 150 valence electrons. The molecule has 0 aliphatic heterocycles. The molecule has 0 saturated heterocycles. The van der Waals surface area contributed by atoms with Gasteiger partial charge in [0.15, 0.2) is 6.61 Å². The van der Waals surface area contributed by atoms with Crippen LogP contribution in [0.25, 0.3) is 0 Å². The highest BCUT2D eigenvalue weighted by Gasteiger charge is 2.09. The molecule has 2 rings (SSSR count). The minimum absolute atomic E-state index is 0.0281. The van der Waals surface area contributed by atoms with Crippen LogP contribution in [-0.2, 0) is 30.8 Å². The van der Waals surface area contributed by atoms with Gasteiger partial charge in [-0.1, -0.05) is 18.2 Å². The average molecular weight is 406 g/mol. The number of ether oxygens (including phenoxy) is 2. The van der Waals surface area contributed by atoms with Gasteiger partial charge in [0, 0.05) is 18.2 Å². The fourth-order valence-corrected chi connectivity index (χ4v) is 2.85. The molecule has 0 aliphatic carbocycles. The number of sulfonamides is 1. The minimum Gasteiger partial charge on any atom is -0.482 e. The number of amides is 1. The number of carbonyl (C=O) groups excluding carboxylic acids is 2.